The lowest BCUT2D eigenvalue weighted by molar-refractivity contribution is -0.126. The van der Waals surface area contributed by atoms with Crippen LogP contribution in [0.3, 0.4) is 0 Å². The fraction of sp³-hybridized carbons (Fsp3) is 0.560. The zero-order valence-corrected chi connectivity index (χ0v) is 20.4. The van der Waals surface area contributed by atoms with E-state index in [2.05, 4.69) is 34.4 Å². The molecule has 0 saturated carbocycles. The van der Waals surface area contributed by atoms with Crippen LogP contribution >= 0.6 is 0 Å². The molecule has 1 aromatic heterocycles. The van der Waals surface area contributed by atoms with Gasteiger partial charge >= 0.3 is 0 Å². The number of nitrogens with zero attached hydrogens (tertiary/aromatic N) is 3. The minimum atomic E-state index is -0.798. The van der Waals surface area contributed by atoms with E-state index in [0.29, 0.717) is 12.2 Å². The van der Waals surface area contributed by atoms with Crippen LogP contribution in [0.4, 0.5) is 14.6 Å². The Morgan fingerprint density at radius 3 is 2.38 bits per heavy atom. The van der Waals surface area contributed by atoms with Crippen LogP contribution in [0.25, 0.3) is 0 Å². The molecule has 7 nitrogen and oxygen atoms in total. The molecule has 9 heteroatoms. The van der Waals surface area contributed by atoms with Crippen molar-refractivity contribution in [2.24, 2.45) is 5.92 Å². The summed E-state index contributed by atoms with van der Waals surface area (Å²) in [5, 5.41) is 5.51. The number of hydrogen-bond acceptors (Lipinski definition) is 4. The molecule has 186 valence electrons. The fourth-order valence-electron chi connectivity index (χ4n) is 4.35. The number of carbonyl (C=O) groups excluding carboxylic acids is 2. The van der Waals surface area contributed by atoms with Gasteiger partial charge in [-0.05, 0) is 69.8 Å². The van der Waals surface area contributed by atoms with Crippen LogP contribution in [0.2, 0.25) is 0 Å². The molecule has 0 radical (unpaired) electrons. The van der Waals surface area contributed by atoms with E-state index in [-0.39, 0.29) is 29.3 Å². The van der Waals surface area contributed by atoms with Gasteiger partial charge in [-0.3, -0.25) is 9.59 Å². The SMILES string of the molecule is CC(C)C[C@H](NC(=O)Cc1cc(F)cc(F)c1)C(=O)Nc1cn(C(C)(C)CN2CCCC2)cn1. The third kappa shape index (κ3) is 7.35. The molecule has 2 heterocycles. The lowest BCUT2D eigenvalue weighted by atomic mass is 10.0. The van der Waals surface area contributed by atoms with Crippen LogP contribution in [0.15, 0.2) is 30.7 Å². The Kier molecular flexibility index (Phi) is 8.41. The highest BCUT2D eigenvalue weighted by Gasteiger charge is 2.27. The number of aromatic nitrogens is 2. The molecule has 1 aliphatic rings. The van der Waals surface area contributed by atoms with Gasteiger partial charge in [0.2, 0.25) is 11.8 Å². The molecule has 34 heavy (non-hydrogen) atoms. The van der Waals surface area contributed by atoms with E-state index >= 15 is 0 Å². The molecule has 1 saturated heterocycles. The van der Waals surface area contributed by atoms with Crippen molar-refractivity contribution in [2.75, 3.05) is 25.0 Å². The van der Waals surface area contributed by atoms with Crippen LogP contribution in [-0.4, -0.2) is 51.9 Å². The summed E-state index contributed by atoms with van der Waals surface area (Å²) in [6, 6.07) is 2.17. The monoisotopic (exact) mass is 475 g/mol. The summed E-state index contributed by atoms with van der Waals surface area (Å²) in [4.78, 5) is 32.3. The number of benzene rings is 1. The number of imidazole rings is 1. The van der Waals surface area contributed by atoms with Crippen molar-refractivity contribution in [1.82, 2.24) is 19.8 Å². The predicted octanol–water partition coefficient (Wildman–Crippen LogP) is 3.70. The van der Waals surface area contributed by atoms with E-state index in [4.69, 9.17) is 0 Å². The number of halogens is 2. The standard InChI is InChI=1S/C25H35F2N5O2/c1-17(2)9-21(29-23(33)12-18-10-19(26)13-20(27)11-18)24(34)30-22-14-32(16-28-22)25(3,4)15-31-7-5-6-8-31/h10-11,13-14,16-17,21H,5-9,12,15H2,1-4H3,(H,29,33)(H,30,34)/t21-/m0/s1. The highest BCUT2D eigenvalue weighted by Crippen LogP contribution is 2.22. The molecule has 2 N–H and O–H groups in total. The Labute approximate surface area is 199 Å². The summed E-state index contributed by atoms with van der Waals surface area (Å²) in [5.41, 5.74) is 0.0178. The quantitative estimate of drug-likeness (QED) is 0.549. The maximum atomic E-state index is 13.4. The number of carbonyl (C=O) groups is 2. The number of anilines is 1. The second-order valence-electron chi connectivity index (χ2n) is 10.2. The normalized spacial score (nSPS) is 15.5. The first-order chi connectivity index (χ1) is 16.0. The second kappa shape index (κ2) is 11.1. The van der Waals surface area contributed by atoms with Gasteiger partial charge in [0.25, 0.3) is 0 Å². The topological polar surface area (TPSA) is 79.3 Å². The number of hydrogen-bond donors (Lipinski definition) is 2. The molecule has 0 spiro atoms. The molecule has 0 bridgehead atoms. The zero-order chi connectivity index (χ0) is 24.9. The molecule has 1 aromatic carbocycles. The third-order valence-corrected chi connectivity index (χ3v) is 5.99. The minimum absolute atomic E-state index is 0.139. The van der Waals surface area contributed by atoms with Gasteiger partial charge in [-0.1, -0.05) is 13.8 Å². The molecular weight excluding hydrogens is 440 g/mol. The number of amides is 2. The summed E-state index contributed by atoms with van der Waals surface area (Å²) < 4.78 is 28.9. The molecular formula is C25H35F2N5O2. The maximum absolute atomic E-state index is 13.4. The van der Waals surface area contributed by atoms with Gasteiger partial charge in [0.15, 0.2) is 5.82 Å². The molecule has 0 unspecified atom stereocenters. The van der Waals surface area contributed by atoms with E-state index in [1.54, 1.807) is 12.5 Å². The Hall–Kier alpha value is -2.81. The highest BCUT2D eigenvalue weighted by molar-refractivity contribution is 5.96. The highest BCUT2D eigenvalue weighted by atomic mass is 19.1. The van der Waals surface area contributed by atoms with Crippen LogP contribution in [-0.2, 0) is 21.5 Å². The first-order valence-electron chi connectivity index (χ1n) is 11.8. The average molecular weight is 476 g/mol. The number of nitrogens with one attached hydrogen (secondary N) is 2. The Morgan fingerprint density at radius 1 is 1.12 bits per heavy atom. The van der Waals surface area contributed by atoms with E-state index in [1.807, 2.05) is 18.4 Å². The maximum Gasteiger partial charge on any atom is 0.248 e. The molecule has 1 atom stereocenters. The van der Waals surface area contributed by atoms with E-state index < -0.39 is 23.6 Å². The molecule has 1 aliphatic heterocycles. The fourth-order valence-corrected chi connectivity index (χ4v) is 4.35. The summed E-state index contributed by atoms with van der Waals surface area (Å²) >= 11 is 0. The van der Waals surface area contributed by atoms with Crippen LogP contribution in [0.1, 0.15) is 52.5 Å². The van der Waals surface area contributed by atoms with Crippen LogP contribution < -0.4 is 10.6 Å². The largest absolute Gasteiger partial charge is 0.344 e. The lowest BCUT2D eigenvalue weighted by Crippen LogP contribution is -2.45. The van der Waals surface area contributed by atoms with Gasteiger partial charge < -0.3 is 20.1 Å². The summed E-state index contributed by atoms with van der Waals surface area (Å²) in [7, 11) is 0. The minimum Gasteiger partial charge on any atom is -0.344 e. The first kappa shape index (κ1) is 25.8. The van der Waals surface area contributed by atoms with Crippen molar-refractivity contribution < 1.29 is 18.4 Å². The summed E-state index contributed by atoms with van der Waals surface area (Å²) in [6.45, 7) is 11.3. The van der Waals surface area contributed by atoms with Crippen molar-refractivity contribution >= 4 is 17.6 Å². The van der Waals surface area contributed by atoms with Crippen LogP contribution in [0.5, 0.6) is 0 Å². The van der Waals surface area contributed by atoms with Gasteiger partial charge in [-0.25, -0.2) is 13.8 Å². The van der Waals surface area contributed by atoms with Gasteiger partial charge in [0, 0.05) is 18.8 Å². The smallest absolute Gasteiger partial charge is 0.248 e. The van der Waals surface area contributed by atoms with Gasteiger partial charge in [-0.2, -0.15) is 0 Å². The first-order valence-corrected chi connectivity index (χ1v) is 11.8. The Morgan fingerprint density at radius 2 is 1.76 bits per heavy atom. The van der Waals surface area contributed by atoms with Gasteiger partial charge in [0.05, 0.1) is 18.3 Å². The van der Waals surface area contributed by atoms with Crippen molar-refractivity contribution in [3.63, 3.8) is 0 Å². The van der Waals surface area contributed by atoms with Crippen molar-refractivity contribution in [2.45, 2.75) is 65.0 Å². The number of rotatable bonds is 10. The average Bonchev–Trinajstić information content (AvgIpc) is 3.38. The molecule has 2 aromatic rings. The second-order valence-corrected chi connectivity index (χ2v) is 10.2. The van der Waals surface area contributed by atoms with E-state index in [1.165, 1.54) is 12.8 Å². The summed E-state index contributed by atoms with van der Waals surface area (Å²) in [6.07, 6.45) is 6.14. The number of likely N-dealkylation sites (tertiary alicyclic amines) is 1. The zero-order valence-electron chi connectivity index (χ0n) is 20.4. The van der Waals surface area contributed by atoms with E-state index in [0.717, 1.165) is 37.8 Å². The molecule has 3 rings (SSSR count). The summed E-state index contributed by atoms with van der Waals surface area (Å²) in [5.74, 6) is -1.81. The van der Waals surface area contributed by atoms with Crippen molar-refractivity contribution in [3.05, 3.63) is 47.9 Å². The van der Waals surface area contributed by atoms with Gasteiger partial charge in [-0.15, -0.1) is 0 Å². The Bertz CT molecular complexity index is 979. The van der Waals surface area contributed by atoms with E-state index in [9.17, 15) is 18.4 Å². The third-order valence-electron chi connectivity index (χ3n) is 5.99. The Balaban J connectivity index is 1.63. The lowest BCUT2D eigenvalue weighted by Gasteiger charge is -2.31. The van der Waals surface area contributed by atoms with Gasteiger partial charge in [0.1, 0.15) is 17.7 Å². The predicted molar refractivity (Wildman–Crippen MR) is 127 cm³/mol. The van der Waals surface area contributed by atoms with Crippen LogP contribution in [0, 0.1) is 17.6 Å². The molecule has 2 amide bonds. The van der Waals surface area contributed by atoms with Crippen molar-refractivity contribution in [1.29, 1.82) is 0 Å². The molecule has 1 fully saturated rings. The molecule has 0 aliphatic carbocycles. The van der Waals surface area contributed by atoms with Crippen molar-refractivity contribution in [3.8, 4) is 0 Å².